The number of amides is 1. The summed E-state index contributed by atoms with van der Waals surface area (Å²) in [4.78, 5) is 12.1. The number of hydrogen-bond acceptors (Lipinski definition) is 5. The fraction of sp³-hybridized carbons (Fsp3) is 0.444. The summed E-state index contributed by atoms with van der Waals surface area (Å²) in [7, 11) is 1.61. The van der Waals surface area contributed by atoms with Gasteiger partial charge in [-0.05, 0) is 38.5 Å². The molecule has 2 rings (SSSR count). The highest BCUT2D eigenvalue weighted by Crippen LogP contribution is 2.17. The van der Waals surface area contributed by atoms with Crippen molar-refractivity contribution in [2.24, 2.45) is 0 Å². The molecule has 0 aliphatic heterocycles. The lowest BCUT2D eigenvalue weighted by atomic mass is 9.96. The monoisotopic (exact) mass is 332 g/mol. The third-order valence-electron chi connectivity index (χ3n) is 3.93. The molecule has 24 heavy (non-hydrogen) atoms. The zero-order chi connectivity index (χ0) is 17.7. The van der Waals surface area contributed by atoms with Crippen molar-refractivity contribution < 1.29 is 19.2 Å². The van der Waals surface area contributed by atoms with Gasteiger partial charge in [-0.2, -0.15) is 0 Å². The number of nitrogens with one attached hydrogen (secondary N) is 1. The van der Waals surface area contributed by atoms with Crippen molar-refractivity contribution in [1.82, 2.24) is 10.5 Å². The highest BCUT2D eigenvalue weighted by molar-refractivity contribution is 5.79. The Labute approximate surface area is 141 Å². The Morgan fingerprint density at radius 3 is 2.54 bits per heavy atom. The lowest BCUT2D eigenvalue weighted by molar-refractivity contribution is -0.121. The summed E-state index contributed by atoms with van der Waals surface area (Å²) in [5.74, 6) is 1.25. The number of aliphatic hydroxyl groups is 1. The van der Waals surface area contributed by atoms with Crippen LogP contribution in [0.5, 0.6) is 5.75 Å². The molecule has 0 bridgehead atoms. The van der Waals surface area contributed by atoms with Crippen molar-refractivity contribution in [3.63, 3.8) is 0 Å². The standard InChI is InChI=1S/C18H24N2O4/c1-12-16(13(2)24-20-12)9-17(21)19-11-18(3,22)10-14-5-7-15(23-4)8-6-14/h5-8,22H,9-11H2,1-4H3,(H,19,21)/t18-/m1/s1. The number of rotatable bonds is 7. The normalized spacial score (nSPS) is 13.4. The van der Waals surface area contributed by atoms with Gasteiger partial charge in [-0.25, -0.2) is 0 Å². The molecular formula is C18H24N2O4. The second-order valence-electron chi connectivity index (χ2n) is 6.28. The maximum atomic E-state index is 12.1. The van der Waals surface area contributed by atoms with E-state index in [2.05, 4.69) is 10.5 Å². The zero-order valence-corrected chi connectivity index (χ0v) is 14.5. The number of hydrogen-bond donors (Lipinski definition) is 2. The van der Waals surface area contributed by atoms with Crippen molar-refractivity contribution in [3.05, 3.63) is 46.8 Å². The van der Waals surface area contributed by atoms with Crippen LogP contribution in [0.4, 0.5) is 0 Å². The van der Waals surface area contributed by atoms with Gasteiger partial charge in [-0.3, -0.25) is 4.79 Å². The Balaban J connectivity index is 1.88. The quantitative estimate of drug-likeness (QED) is 0.809. The minimum Gasteiger partial charge on any atom is -0.497 e. The average molecular weight is 332 g/mol. The molecule has 0 radical (unpaired) electrons. The molecule has 130 valence electrons. The molecule has 0 unspecified atom stereocenters. The molecule has 1 aromatic heterocycles. The molecule has 0 saturated heterocycles. The van der Waals surface area contributed by atoms with E-state index in [1.165, 1.54) is 0 Å². The molecular weight excluding hydrogens is 308 g/mol. The van der Waals surface area contributed by atoms with Crippen LogP contribution in [-0.4, -0.2) is 35.4 Å². The first-order valence-electron chi connectivity index (χ1n) is 7.84. The van der Waals surface area contributed by atoms with Gasteiger partial charge in [0.25, 0.3) is 0 Å². The summed E-state index contributed by atoms with van der Waals surface area (Å²) in [6.07, 6.45) is 0.627. The van der Waals surface area contributed by atoms with Crippen LogP contribution < -0.4 is 10.1 Å². The lowest BCUT2D eigenvalue weighted by Gasteiger charge is -2.24. The fourth-order valence-electron chi connectivity index (χ4n) is 2.51. The van der Waals surface area contributed by atoms with E-state index >= 15 is 0 Å². The van der Waals surface area contributed by atoms with Crippen LogP contribution in [0, 0.1) is 13.8 Å². The van der Waals surface area contributed by atoms with Crippen LogP contribution in [-0.2, 0) is 17.6 Å². The van der Waals surface area contributed by atoms with Gasteiger partial charge >= 0.3 is 0 Å². The Bertz CT molecular complexity index is 670. The Morgan fingerprint density at radius 2 is 2.00 bits per heavy atom. The Kier molecular flexibility index (Phi) is 5.62. The van der Waals surface area contributed by atoms with E-state index in [1.54, 1.807) is 27.9 Å². The third kappa shape index (κ3) is 4.83. The molecule has 2 aromatic rings. The minimum atomic E-state index is -1.04. The highest BCUT2D eigenvalue weighted by atomic mass is 16.5. The van der Waals surface area contributed by atoms with Crippen molar-refractivity contribution in [3.8, 4) is 5.75 Å². The third-order valence-corrected chi connectivity index (χ3v) is 3.93. The number of benzene rings is 1. The van der Waals surface area contributed by atoms with Crippen molar-refractivity contribution in [1.29, 1.82) is 0 Å². The molecule has 0 aliphatic carbocycles. The summed E-state index contributed by atoms with van der Waals surface area (Å²) in [5, 5.41) is 17.1. The van der Waals surface area contributed by atoms with E-state index in [0.29, 0.717) is 17.9 Å². The second-order valence-corrected chi connectivity index (χ2v) is 6.28. The van der Waals surface area contributed by atoms with Crippen LogP contribution in [0.25, 0.3) is 0 Å². The van der Waals surface area contributed by atoms with Crippen LogP contribution >= 0.6 is 0 Å². The first-order valence-corrected chi connectivity index (χ1v) is 7.84. The van der Waals surface area contributed by atoms with Gasteiger partial charge in [0, 0.05) is 18.5 Å². The van der Waals surface area contributed by atoms with Crippen LogP contribution in [0.1, 0.15) is 29.5 Å². The average Bonchev–Trinajstić information content (AvgIpc) is 2.85. The van der Waals surface area contributed by atoms with Crippen molar-refractivity contribution in [2.45, 2.75) is 39.2 Å². The van der Waals surface area contributed by atoms with Crippen molar-refractivity contribution >= 4 is 5.91 Å². The predicted octanol–water partition coefficient (Wildman–Crippen LogP) is 1.95. The number of nitrogens with zero attached hydrogens (tertiary/aromatic N) is 1. The first-order chi connectivity index (χ1) is 11.3. The van der Waals surface area contributed by atoms with Crippen molar-refractivity contribution in [2.75, 3.05) is 13.7 Å². The first kappa shape index (κ1) is 18.0. The summed E-state index contributed by atoms with van der Waals surface area (Å²) in [5.41, 5.74) is 1.44. The largest absolute Gasteiger partial charge is 0.497 e. The molecule has 0 fully saturated rings. The van der Waals surface area contributed by atoms with Gasteiger partial charge < -0.3 is 19.7 Å². The van der Waals surface area contributed by atoms with E-state index in [1.807, 2.05) is 24.3 Å². The van der Waals surface area contributed by atoms with Crippen LogP contribution in [0.3, 0.4) is 0 Å². The maximum Gasteiger partial charge on any atom is 0.224 e. The summed E-state index contributed by atoms with van der Waals surface area (Å²) in [6.45, 7) is 5.45. The van der Waals surface area contributed by atoms with Crippen LogP contribution in [0.2, 0.25) is 0 Å². The molecule has 0 spiro atoms. The van der Waals surface area contributed by atoms with Gasteiger partial charge in [0.2, 0.25) is 5.91 Å². The molecule has 1 heterocycles. The summed E-state index contributed by atoms with van der Waals surface area (Å²) < 4.78 is 10.2. The SMILES string of the molecule is COc1ccc(C[C@@](C)(O)CNC(=O)Cc2c(C)noc2C)cc1. The van der Waals surface area contributed by atoms with E-state index in [4.69, 9.17) is 9.26 Å². The molecule has 6 nitrogen and oxygen atoms in total. The number of ether oxygens (including phenoxy) is 1. The van der Waals surface area contributed by atoms with Gasteiger partial charge in [-0.1, -0.05) is 17.3 Å². The van der Waals surface area contributed by atoms with Gasteiger partial charge in [0.15, 0.2) is 0 Å². The smallest absolute Gasteiger partial charge is 0.224 e. The number of aryl methyl sites for hydroxylation is 2. The zero-order valence-electron chi connectivity index (χ0n) is 14.5. The molecule has 0 saturated carbocycles. The molecule has 0 aliphatic rings. The van der Waals surface area contributed by atoms with Gasteiger partial charge in [-0.15, -0.1) is 0 Å². The number of methoxy groups -OCH3 is 1. The maximum absolute atomic E-state index is 12.1. The Morgan fingerprint density at radius 1 is 1.33 bits per heavy atom. The number of aromatic nitrogens is 1. The highest BCUT2D eigenvalue weighted by Gasteiger charge is 2.22. The number of carbonyl (C=O) groups is 1. The topological polar surface area (TPSA) is 84.6 Å². The minimum absolute atomic E-state index is 0.167. The summed E-state index contributed by atoms with van der Waals surface area (Å²) >= 11 is 0. The van der Waals surface area contributed by atoms with E-state index in [0.717, 1.165) is 16.9 Å². The van der Waals surface area contributed by atoms with E-state index in [9.17, 15) is 9.90 Å². The number of carbonyl (C=O) groups excluding carboxylic acids is 1. The fourth-order valence-corrected chi connectivity index (χ4v) is 2.51. The van der Waals surface area contributed by atoms with Crippen LogP contribution in [0.15, 0.2) is 28.8 Å². The van der Waals surface area contributed by atoms with E-state index < -0.39 is 5.60 Å². The second kappa shape index (κ2) is 7.49. The Hall–Kier alpha value is -2.34. The molecule has 1 amide bonds. The molecule has 6 heteroatoms. The van der Waals surface area contributed by atoms with E-state index in [-0.39, 0.29) is 18.9 Å². The molecule has 1 aromatic carbocycles. The summed E-state index contributed by atoms with van der Waals surface area (Å²) in [6, 6.07) is 7.50. The predicted molar refractivity (Wildman–Crippen MR) is 90.0 cm³/mol. The molecule has 2 N–H and O–H groups in total. The lowest BCUT2D eigenvalue weighted by Crippen LogP contribution is -2.42. The van der Waals surface area contributed by atoms with Gasteiger partial charge in [0.05, 0.1) is 24.8 Å². The molecule has 1 atom stereocenters. The van der Waals surface area contributed by atoms with Gasteiger partial charge in [0.1, 0.15) is 11.5 Å².